The van der Waals surface area contributed by atoms with Gasteiger partial charge in [0.1, 0.15) is 0 Å². The van der Waals surface area contributed by atoms with Crippen molar-refractivity contribution in [3.05, 3.63) is 29.6 Å². The Morgan fingerprint density at radius 2 is 2.12 bits per heavy atom. The topological polar surface area (TPSA) is 53.5 Å². The number of amides is 2. The highest BCUT2D eigenvalue weighted by Gasteiger charge is 2.42. The molecule has 0 N–H and O–H groups in total. The lowest BCUT2D eigenvalue weighted by Crippen LogP contribution is -2.55. The molecule has 26 heavy (non-hydrogen) atoms. The first kappa shape index (κ1) is 18.9. The molecule has 5 nitrogen and oxygen atoms in total. The van der Waals surface area contributed by atoms with Crippen molar-refractivity contribution in [3.63, 3.8) is 0 Å². The molecule has 0 radical (unpaired) electrons. The van der Waals surface area contributed by atoms with E-state index in [0.29, 0.717) is 17.9 Å². The molecule has 2 saturated heterocycles. The van der Waals surface area contributed by atoms with Gasteiger partial charge in [0.2, 0.25) is 5.91 Å². The molecule has 1 spiro atoms. The average Bonchev–Trinajstić information content (AvgIpc) is 2.63. The van der Waals surface area contributed by atoms with Gasteiger partial charge in [-0.05, 0) is 50.7 Å². The Bertz CT molecular complexity index is 673. The Hall–Kier alpha value is -1.91. The van der Waals surface area contributed by atoms with Crippen LogP contribution in [-0.4, -0.2) is 52.8 Å². The standard InChI is InChI=1S/C21H31N3O2/c1-16(2)8-13-23-14-21(10-7-19(23)25)9-5-12-24(15-21)20(26)18-6-4-11-22-17(18)3/h4,6,11,16H,5,7-10,12-15H2,1-3H3/t21-/m0/s1. The van der Waals surface area contributed by atoms with Crippen LogP contribution in [0, 0.1) is 18.3 Å². The SMILES string of the molecule is Cc1ncccc1C(=O)N1CCC[C@@]2(CCC(=O)N(CCC(C)C)C2)C1. The number of aromatic nitrogens is 1. The summed E-state index contributed by atoms with van der Waals surface area (Å²) >= 11 is 0. The fourth-order valence-corrected chi connectivity index (χ4v) is 4.32. The van der Waals surface area contributed by atoms with Crippen molar-refractivity contribution in [2.75, 3.05) is 26.2 Å². The van der Waals surface area contributed by atoms with E-state index in [1.54, 1.807) is 6.20 Å². The molecule has 3 heterocycles. The second-order valence-corrected chi connectivity index (χ2v) is 8.46. The van der Waals surface area contributed by atoms with E-state index in [1.807, 2.05) is 28.9 Å². The molecule has 2 amide bonds. The van der Waals surface area contributed by atoms with Gasteiger partial charge in [-0.2, -0.15) is 0 Å². The van der Waals surface area contributed by atoms with Gasteiger partial charge < -0.3 is 9.80 Å². The van der Waals surface area contributed by atoms with Crippen molar-refractivity contribution in [3.8, 4) is 0 Å². The molecule has 0 bridgehead atoms. The second-order valence-electron chi connectivity index (χ2n) is 8.46. The molecule has 1 aromatic heterocycles. The van der Waals surface area contributed by atoms with Crippen LogP contribution in [-0.2, 0) is 4.79 Å². The first-order valence-electron chi connectivity index (χ1n) is 9.89. The zero-order valence-electron chi connectivity index (χ0n) is 16.3. The van der Waals surface area contributed by atoms with Gasteiger partial charge in [0.25, 0.3) is 5.91 Å². The normalized spacial score (nSPS) is 23.8. The molecule has 2 fully saturated rings. The fourth-order valence-electron chi connectivity index (χ4n) is 4.32. The molecule has 0 saturated carbocycles. The van der Waals surface area contributed by atoms with Crippen LogP contribution in [0.25, 0.3) is 0 Å². The van der Waals surface area contributed by atoms with Crippen LogP contribution in [0.15, 0.2) is 18.3 Å². The lowest BCUT2D eigenvalue weighted by Gasteiger charge is -2.48. The van der Waals surface area contributed by atoms with Gasteiger partial charge in [-0.25, -0.2) is 0 Å². The zero-order valence-corrected chi connectivity index (χ0v) is 16.3. The highest BCUT2D eigenvalue weighted by Crippen LogP contribution is 2.39. The van der Waals surface area contributed by atoms with Gasteiger partial charge >= 0.3 is 0 Å². The van der Waals surface area contributed by atoms with Crippen molar-refractivity contribution in [2.24, 2.45) is 11.3 Å². The number of carbonyl (C=O) groups is 2. The third kappa shape index (κ3) is 4.08. The van der Waals surface area contributed by atoms with Gasteiger partial charge in [0.05, 0.1) is 5.56 Å². The molecule has 0 aliphatic carbocycles. The summed E-state index contributed by atoms with van der Waals surface area (Å²) in [5, 5.41) is 0. The summed E-state index contributed by atoms with van der Waals surface area (Å²) in [6.07, 6.45) is 6.40. The van der Waals surface area contributed by atoms with E-state index in [1.165, 1.54) is 0 Å². The van der Waals surface area contributed by atoms with E-state index < -0.39 is 0 Å². The lowest BCUT2D eigenvalue weighted by atomic mass is 9.73. The zero-order chi connectivity index (χ0) is 18.7. The summed E-state index contributed by atoms with van der Waals surface area (Å²) < 4.78 is 0. The molecule has 1 atom stereocenters. The minimum Gasteiger partial charge on any atom is -0.342 e. The molecular weight excluding hydrogens is 326 g/mol. The molecule has 2 aliphatic rings. The molecular formula is C21H31N3O2. The first-order chi connectivity index (χ1) is 12.4. The van der Waals surface area contributed by atoms with Gasteiger partial charge in [0, 0.05) is 49.9 Å². The maximum Gasteiger partial charge on any atom is 0.255 e. The number of piperidine rings is 2. The summed E-state index contributed by atoms with van der Waals surface area (Å²) in [6, 6.07) is 3.69. The fraction of sp³-hybridized carbons (Fsp3) is 0.667. The smallest absolute Gasteiger partial charge is 0.255 e. The minimum absolute atomic E-state index is 0.0644. The Kier molecular flexibility index (Phi) is 5.64. The number of carbonyl (C=O) groups excluding carboxylic acids is 2. The molecule has 3 rings (SSSR count). The summed E-state index contributed by atoms with van der Waals surface area (Å²) in [5.74, 6) is 0.960. The summed E-state index contributed by atoms with van der Waals surface area (Å²) in [7, 11) is 0. The maximum absolute atomic E-state index is 13.0. The quantitative estimate of drug-likeness (QED) is 0.831. The second kappa shape index (κ2) is 7.77. The first-order valence-corrected chi connectivity index (χ1v) is 9.89. The summed E-state index contributed by atoms with van der Waals surface area (Å²) in [6.45, 7) is 9.48. The summed E-state index contributed by atoms with van der Waals surface area (Å²) in [4.78, 5) is 33.7. The molecule has 2 aliphatic heterocycles. The average molecular weight is 357 g/mol. The number of rotatable bonds is 4. The number of pyridine rings is 1. The largest absolute Gasteiger partial charge is 0.342 e. The molecule has 5 heteroatoms. The van der Waals surface area contributed by atoms with Crippen LogP contribution in [0.1, 0.15) is 62.0 Å². The van der Waals surface area contributed by atoms with Gasteiger partial charge in [-0.3, -0.25) is 14.6 Å². The highest BCUT2D eigenvalue weighted by atomic mass is 16.2. The third-order valence-electron chi connectivity index (χ3n) is 5.91. The van der Waals surface area contributed by atoms with Gasteiger partial charge in [-0.15, -0.1) is 0 Å². The Morgan fingerprint density at radius 3 is 2.85 bits per heavy atom. The van der Waals surface area contributed by atoms with Crippen molar-refractivity contribution >= 4 is 11.8 Å². The number of aryl methyl sites for hydroxylation is 1. The predicted molar refractivity (Wildman–Crippen MR) is 102 cm³/mol. The molecule has 0 aromatic carbocycles. The number of nitrogens with zero attached hydrogens (tertiary/aromatic N) is 3. The van der Waals surface area contributed by atoms with Crippen molar-refractivity contribution in [2.45, 2.75) is 52.9 Å². The van der Waals surface area contributed by atoms with Crippen LogP contribution in [0.3, 0.4) is 0 Å². The Labute approximate surface area is 156 Å². The third-order valence-corrected chi connectivity index (χ3v) is 5.91. The molecule has 142 valence electrons. The van der Waals surface area contributed by atoms with E-state index >= 15 is 0 Å². The minimum atomic E-state index is 0.0644. The van der Waals surface area contributed by atoms with Crippen LogP contribution in [0.2, 0.25) is 0 Å². The molecule has 1 aromatic rings. The van der Waals surface area contributed by atoms with Gasteiger partial charge in [0.15, 0.2) is 0 Å². The Balaban J connectivity index is 1.71. The van der Waals surface area contributed by atoms with Gasteiger partial charge in [-0.1, -0.05) is 13.8 Å². The highest BCUT2D eigenvalue weighted by molar-refractivity contribution is 5.95. The van der Waals surface area contributed by atoms with E-state index in [-0.39, 0.29) is 17.2 Å². The van der Waals surface area contributed by atoms with E-state index in [2.05, 4.69) is 18.8 Å². The van der Waals surface area contributed by atoms with E-state index in [9.17, 15) is 9.59 Å². The van der Waals surface area contributed by atoms with Crippen molar-refractivity contribution in [1.29, 1.82) is 0 Å². The number of hydrogen-bond acceptors (Lipinski definition) is 3. The number of likely N-dealkylation sites (tertiary alicyclic amines) is 2. The monoisotopic (exact) mass is 357 g/mol. The Morgan fingerprint density at radius 1 is 1.31 bits per heavy atom. The maximum atomic E-state index is 13.0. The lowest BCUT2D eigenvalue weighted by molar-refractivity contribution is -0.139. The predicted octanol–water partition coefficient (Wildman–Crippen LogP) is 3.28. The van der Waals surface area contributed by atoms with Crippen LogP contribution < -0.4 is 0 Å². The van der Waals surface area contributed by atoms with Crippen LogP contribution >= 0.6 is 0 Å². The summed E-state index contributed by atoms with van der Waals surface area (Å²) in [5.41, 5.74) is 1.55. The van der Waals surface area contributed by atoms with E-state index in [0.717, 1.165) is 57.6 Å². The molecule has 0 unspecified atom stereocenters. The van der Waals surface area contributed by atoms with Crippen molar-refractivity contribution in [1.82, 2.24) is 14.8 Å². The van der Waals surface area contributed by atoms with E-state index in [4.69, 9.17) is 0 Å². The van der Waals surface area contributed by atoms with Crippen LogP contribution in [0.5, 0.6) is 0 Å². The number of hydrogen-bond donors (Lipinski definition) is 0. The van der Waals surface area contributed by atoms with Crippen LogP contribution in [0.4, 0.5) is 0 Å². The van der Waals surface area contributed by atoms with Crippen molar-refractivity contribution < 1.29 is 9.59 Å².